The summed E-state index contributed by atoms with van der Waals surface area (Å²) in [5, 5.41) is 5.58. The third-order valence-corrected chi connectivity index (χ3v) is 7.55. The van der Waals surface area contributed by atoms with Gasteiger partial charge in [-0.2, -0.15) is 13.2 Å². The zero-order valence-corrected chi connectivity index (χ0v) is 20.8. The Morgan fingerprint density at radius 1 is 1.05 bits per heavy atom. The third-order valence-electron chi connectivity index (χ3n) is 6.43. The molecule has 2 aliphatic heterocycles. The summed E-state index contributed by atoms with van der Waals surface area (Å²) < 4.78 is 71.2. The number of likely N-dealkylation sites (tertiary alicyclic amines) is 1. The number of nitrogens with zero attached hydrogens (tertiary/aromatic N) is 5. The Hall–Kier alpha value is -3.36. The standard InChI is InChI=1S/C23H24F3N7O3S/c1-14(33-9-22(10-33)11-36-12-22)15-5-6-17(31-20(15)23(24,25)26)30-18-8-19(29-13-28-18)32-21-16(37(2,34)35)4-3-7-27-21/h3-8,13-14H,9-12H2,1-2H3,(H2,27,28,29,30,31,32). The fraction of sp³-hybridized carbons (Fsp3) is 0.391. The summed E-state index contributed by atoms with van der Waals surface area (Å²) in [5.74, 6) is 0.362. The number of rotatable bonds is 7. The van der Waals surface area contributed by atoms with Crippen LogP contribution >= 0.6 is 0 Å². The van der Waals surface area contributed by atoms with Crippen molar-refractivity contribution in [2.75, 3.05) is 43.2 Å². The van der Waals surface area contributed by atoms with Gasteiger partial charge in [0.2, 0.25) is 0 Å². The van der Waals surface area contributed by atoms with Crippen molar-refractivity contribution in [3.63, 3.8) is 0 Å². The molecule has 2 fully saturated rings. The minimum absolute atomic E-state index is 0.0257. The molecule has 0 saturated carbocycles. The molecule has 0 aromatic carbocycles. The van der Waals surface area contributed by atoms with Crippen molar-refractivity contribution in [2.45, 2.75) is 24.0 Å². The smallest absolute Gasteiger partial charge is 0.380 e. The monoisotopic (exact) mass is 535 g/mol. The molecular weight excluding hydrogens is 511 g/mol. The molecule has 1 atom stereocenters. The van der Waals surface area contributed by atoms with Crippen molar-refractivity contribution in [2.24, 2.45) is 5.41 Å². The molecule has 196 valence electrons. The Morgan fingerprint density at radius 2 is 1.76 bits per heavy atom. The zero-order valence-electron chi connectivity index (χ0n) is 20.0. The van der Waals surface area contributed by atoms with Gasteiger partial charge in [0.25, 0.3) is 0 Å². The van der Waals surface area contributed by atoms with Crippen LogP contribution in [0.3, 0.4) is 0 Å². The lowest BCUT2D eigenvalue weighted by molar-refractivity contribution is -0.198. The van der Waals surface area contributed by atoms with Crippen LogP contribution in [0.25, 0.3) is 0 Å². The van der Waals surface area contributed by atoms with E-state index in [1.54, 1.807) is 6.92 Å². The van der Waals surface area contributed by atoms with Crippen LogP contribution in [0.5, 0.6) is 0 Å². The highest BCUT2D eigenvalue weighted by atomic mass is 32.2. The quantitative estimate of drug-likeness (QED) is 0.464. The van der Waals surface area contributed by atoms with Crippen molar-refractivity contribution in [3.05, 3.63) is 54.1 Å². The van der Waals surface area contributed by atoms with Crippen LogP contribution in [0.2, 0.25) is 0 Å². The van der Waals surface area contributed by atoms with E-state index in [1.165, 1.54) is 42.9 Å². The summed E-state index contributed by atoms with van der Waals surface area (Å²) in [6.07, 6.45) is -0.998. The fourth-order valence-corrected chi connectivity index (χ4v) is 5.27. The van der Waals surface area contributed by atoms with Crippen LogP contribution in [-0.4, -0.2) is 65.8 Å². The van der Waals surface area contributed by atoms with Crippen molar-refractivity contribution < 1.29 is 26.3 Å². The number of hydrogen-bond acceptors (Lipinski definition) is 10. The number of hydrogen-bond donors (Lipinski definition) is 2. The highest BCUT2D eigenvalue weighted by molar-refractivity contribution is 7.90. The second-order valence-electron chi connectivity index (χ2n) is 9.37. The predicted octanol–water partition coefficient (Wildman–Crippen LogP) is 3.57. The van der Waals surface area contributed by atoms with Crippen LogP contribution in [0.4, 0.5) is 36.4 Å². The Labute approximate surface area is 211 Å². The summed E-state index contributed by atoms with van der Waals surface area (Å²) in [5.41, 5.74) is -0.784. The molecule has 0 bridgehead atoms. The average Bonchev–Trinajstić information content (AvgIpc) is 2.76. The number of alkyl halides is 3. The first kappa shape index (κ1) is 25.3. The summed E-state index contributed by atoms with van der Waals surface area (Å²) in [6.45, 7) is 4.43. The number of anilines is 4. The van der Waals surface area contributed by atoms with E-state index in [0.717, 1.165) is 6.26 Å². The summed E-state index contributed by atoms with van der Waals surface area (Å²) in [6, 6.07) is 6.74. The maximum atomic E-state index is 14.0. The third kappa shape index (κ3) is 5.22. The zero-order chi connectivity index (χ0) is 26.4. The number of pyridine rings is 2. The lowest BCUT2D eigenvalue weighted by Gasteiger charge is -2.57. The van der Waals surface area contributed by atoms with Gasteiger partial charge in [-0.25, -0.2) is 28.4 Å². The Morgan fingerprint density at radius 3 is 2.38 bits per heavy atom. The highest BCUT2D eigenvalue weighted by Crippen LogP contribution is 2.44. The minimum Gasteiger partial charge on any atom is -0.380 e. The molecule has 2 saturated heterocycles. The molecule has 5 heterocycles. The SMILES string of the molecule is CC(c1ccc(Nc2cc(Nc3ncccc3S(C)(=O)=O)ncn2)nc1C(F)(F)F)N1CC2(COC2)C1. The first-order chi connectivity index (χ1) is 17.4. The van der Waals surface area contributed by atoms with Gasteiger partial charge in [0, 0.05) is 43.1 Å². The van der Waals surface area contributed by atoms with Crippen molar-refractivity contribution in [1.29, 1.82) is 0 Å². The van der Waals surface area contributed by atoms with Gasteiger partial charge in [0.15, 0.2) is 15.5 Å². The molecule has 3 aromatic rings. The molecule has 2 N–H and O–H groups in total. The molecule has 14 heteroatoms. The fourth-order valence-electron chi connectivity index (χ4n) is 4.49. The van der Waals surface area contributed by atoms with Gasteiger partial charge in [-0.05, 0) is 30.7 Å². The normalized spacial score (nSPS) is 18.1. The molecule has 1 spiro atoms. The van der Waals surface area contributed by atoms with Crippen LogP contribution in [-0.2, 0) is 20.8 Å². The molecule has 0 radical (unpaired) electrons. The van der Waals surface area contributed by atoms with Crippen LogP contribution in [0.15, 0.2) is 47.8 Å². The number of halogens is 3. The maximum Gasteiger partial charge on any atom is 0.433 e. The molecule has 37 heavy (non-hydrogen) atoms. The van der Waals surface area contributed by atoms with E-state index in [0.29, 0.717) is 26.3 Å². The molecule has 1 unspecified atom stereocenters. The molecule has 10 nitrogen and oxygen atoms in total. The summed E-state index contributed by atoms with van der Waals surface area (Å²) in [4.78, 5) is 18.0. The summed E-state index contributed by atoms with van der Waals surface area (Å²) >= 11 is 0. The lowest BCUT2D eigenvalue weighted by Crippen LogP contribution is -2.66. The average molecular weight is 536 g/mol. The van der Waals surface area contributed by atoms with Gasteiger partial charge in [0.05, 0.1) is 13.2 Å². The minimum atomic E-state index is -4.65. The second-order valence-corrected chi connectivity index (χ2v) is 11.4. The van der Waals surface area contributed by atoms with E-state index in [4.69, 9.17) is 4.74 Å². The number of aromatic nitrogens is 4. The van der Waals surface area contributed by atoms with Gasteiger partial charge in [-0.15, -0.1) is 0 Å². The molecule has 0 aliphatic carbocycles. The van der Waals surface area contributed by atoms with Crippen molar-refractivity contribution >= 4 is 33.1 Å². The van der Waals surface area contributed by atoms with E-state index in [2.05, 4.69) is 30.6 Å². The largest absolute Gasteiger partial charge is 0.433 e. The topological polar surface area (TPSA) is 122 Å². The Kier molecular flexibility index (Phi) is 6.28. The van der Waals surface area contributed by atoms with Gasteiger partial charge < -0.3 is 15.4 Å². The van der Waals surface area contributed by atoms with E-state index in [9.17, 15) is 21.6 Å². The lowest BCUT2D eigenvalue weighted by atomic mass is 9.76. The van der Waals surface area contributed by atoms with Crippen molar-refractivity contribution in [3.8, 4) is 0 Å². The Balaban J connectivity index is 1.36. The van der Waals surface area contributed by atoms with E-state index >= 15 is 0 Å². The number of sulfone groups is 1. The highest BCUT2D eigenvalue weighted by Gasteiger charge is 2.51. The first-order valence-electron chi connectivity index (χ1n) is 11.3. The van der Waals surface area contributed by atoms with Gasteiger partial charge in [-0.1, -0.05) is 6.07 Å². The van der Waals surface area contributed by atoms with Crippen molar-refractivity contribution in [1.82, 2.24) is 24.8 Å². The van der Waals surface area contributed by atoms with Gasteiger partial charge in [0.1, 0.15) is 34.5 Å². The van der Waals surface area contributed by atoms with Gasteiger partial charge in [-0.3, -0.25) is 4.90 Å². The molecule has 5 rings (SSSR count). The van der Waals surface area contributed by atoms with Crippen LogP contribution < -0.4 is 10.6 Å². The second kappa shape index (κ2) is 9.19. The predicted molar refractivity (Wildman–Crippen MR) is 128 cm³/mol. The molecule has 3 aromatic heterocycles. The maximum absolute atomic E-state index is 14.0. The van der Waals surface area contributed by atoms with Crippen LogP contribution in [0, 0.1) is 5.41 Å². The van der Waals surface area contributed by atoms with Crippen LogP contribution in [0.1, 0.15) is 24.2 Å². The Bertz CT molecular complexity index is 1420. The van der Waals surface area contributed by atoms with E-state index in [1.807, 2.05) is 4.90 Å². The summed E-state index contributed by atoms with van der Waals surface area (Å²) in [7, 11) is -3.56. The molecule has 0 amide bonds. The van der Waals surface area contributed by atoms with Gasteiger partial charge >= 0.3 is 6.18 Å². The van der Waals surface area contributed by atoms with E-state index in [-0.39, 0.29) is 39.1 Å². The first-order valence-corrected chi connectivity index (χ1v) is 13.2. The number of ether oxygens (including phenoxy) is 1. The molecule has 2 aliphatic rings. The number of nitrogens with one attached hydrogen (secondary N) is 2. The molecular formula is C23H24F3N7O3S. The van der Waals surface area contributed by atoms with E-state index < -0.39 is 27.7 Å².